The van der Waals surface area contributed by atoms with Crippen molar-refractivity contribution in [3.8, 4) is 11.5 Å². The molecule has 0 bridgehead atoms. The maximum absolute atomic E-state index is 10.8. The highest BCUT2D eigenvalue weighted by atomic mass is 79.9. The number of nitro groups is 1. The molecule has 0 fully saturated rings. The molecule has 0 aliphatic heterocycles. The standard InChI is InChI=1S/C20H23BrN6O4S/c1-26-20(23-24-25-26)32-11-3-10-22-12-16-17(21)8-9-18(30-2)19(16)31-13-14-4-6-15(7-5-14)27(28)29/h4-9,22H,3,10-13H2,1-2H3. The largest absolute Gasteiger partial charge is 0.493 e. The molecule has 1 aromatic heterocycles. The number of nitrogens with zero attached hydrogens (tertiary/aromatic N) is 5. The summed E-state index contributed by atoms with van der Waals surface area (Å²) in [5.41, 5.74) is 1.82. The molecule has 2 aromatic carbocycles. The molecule has 170 valence electrons. The van der Waals surface area contributed by atoms with Gasteiger partial charge in [0.1, 0.15) is 6.61 Å². The third-order valence-corrected chi connectivity index (χ3v) is 6.37. The maximum Gasteiger partial charge on any atom is 0.269 e. The Hall–Kier alpha value is -2.70. The van der Waals surface area contributed by atoms with Gasteiger partial charge in [0.15, 0.2) is 11.5 Å². The number of hydrogen-bond donors (Lipinski definition) is 1. The van der Waals surface area contributed by atoms with Crippen LogP contribution in [0.15, 0.2) is 46.0 Å². The van der Waals surface area contributed by atoms with Gasteiger partial charge in [-0.15, -0.1) is 5.10 Å². The van der Waals surface area contributed by atoms with Crippen LogP contribution in [0, 0.1) is 10.1 Å². The van der Waals surface area contributed by atoms with E-state index in [1.54, 1.807) is 35.7 Å². The molecule has 3 rings (SSSR count). The molecule has 10 nitrogen and oxygen atoms in total. The Morgan fingerprint density at radius 1 is 1.25 bits per heavy atom. The Kier molecular flexibility index (Phi) is 8.82. The molecule has 32 heavy (non-hydrogen) atoms. The number of aryl methyl sites for hydroxylation is 1. The molecule has 0 atom stereocenters. The summed E-state index contributed by atoms with van der Waals surface area (Å²) in [5, 5.41) is 26.5. The lowest BCUT2D eigenvalue weighted by Crippen LogP contribution is -2.17. The summed E-state index contributed by atoms with van der Waals surface area (Å²) >= 11 is 5.21. The first-order valence-electron chi connectivity index (χ1n) is 9.77. The van der Waals surface area contributed by atoms with E-state index in [9.17, 15) is 10.1 Å². The van der Waals surface area contributed by atoms with Gasteiger partial charge in [-0.25, -0.2) is 4.68 Å². The molecule has 0 saturated carbocycles. The molecule has 1 heterocycles. The molecule has 0 aliphatic carbocycles. The van der Waals surface area contributed by atoms with Crippen LogP contribution in [-0.2, 0) is 20.2 Å². The van der Waals surface area contributed by atoms with Crippen LogP contribution in [0.3, 0.4) is 0 Å². The molecule has 0 radical (unpaired) electrons. The van der Waals surface area contributed by atoms with Crippen molar-refractivity contribution in [1.29, 1.82) is 0 Å². The summed E-state index contributed by atoms with van der Waals surface area (Å²) in [6.07, 6.45) is 0.943. The van der Waals surface area contributed by atoms with Crippen LogP contribution in [0.5, 0.6) is 11.5 Å². The Bertz CT molecular complexity index is 1050. The Balaban J connectivity index is 1.57. The van der Waals surface area contributed by atoms with Gasteiger partial charge in [0, 0.05) is 41.5 Å². The van der Waals surface area contributed by atoms with E-state index in [0.717, 1.165) is 39.5 Å². The van der Waals surface area contributed by atoms with Crippen molar-refractivity contribution in [3.05, 3.63) is 62.1 Å². The molecule has 12 heteroatoms. The third kappa shape index (κ3) is 6.40. The fraction of sp³-hybridized carbons (Fsp3) is 0.350. The summed E-state index contributed by atoms with van der Waals surface area (Å²) in [5.74, 6) is 2.15. The SMILES string of the molecule is COc1ccc(Br)c(CNCCCSc2nnnn2C)c1OCc1ccc([N+](=O)[O-])cc1. The molecule has 0 saturated heterocycles. The van der Waals surface area contributed by atoms with Crippen molar-refractivity contribution in [1.82, 2.24) is 25.5 Å². The Morgan fingerprint density at radius 3 is 2.69 bits per heavy atom. The van der Waals surface area contributed by atoms with Gasteiger partial charge >= 0.3 is 0 Å². The van der Waals surface area contributed by atoms with E-state index < -0.39 is 4.92 Å². The van der Waals surface area contributed by atoms with Gasteiger partial charge in [-0.3, -0.25) is 10.1 Å². The lowest BCUT2D eigenvalue weighted by Gasteiger charge is -2.17. The highest BCUT2D eigenvalue weighted by Gasteiger charge is 2.15. The van der Waals surface area contributed by atoms with Gasteiger partial charge in [-0.2, -0.15) is 0 Å². The fourth-order valence-electron chi connectivity index (χ4n) is 2.85. The third-order valence-electron chi connectivity index (χ3n) is 4.53. The molecule has 0 amide bonds. The highest BCUT2D eigenvalue weighted by molar-refractivity contribution is 9.10. The lowest BCUT2D eigenvalue weighted by molar-refractivity contribution is -0.384. The monoisotopic (exact) mass is 522 g/mol. The number of non-ortho nitro benzene ring substituents is 1. The van der Waals surface area contributed by atoms with Crippen LogP contribution in [0.4, 0.5) is 5.69 Å². The predicted molar refractivity (Wildman–Crippen MR) is 124 cm³/mol. The Morgan fingerprint density at radius 2 is 2.03 bits per heavy atom. The van der Waals surface area contributed by atoms with Gasteiger partial charge in [0.05, 0.1) is 12.0 Å². The van der Waals surface area contributed by atoms with Crippen LogP contribution in [0.25, 0.3) is 0 Å². The second-order valence-electron chi connectivity index (χ2n) is 6.73. The van der Waals surface area contributed by atoms with Crippen molar-refractivity contribution in [2.24, 2.45) is 7.05 Å². The maximum atomic E-state index is 10.8. The smallest absolute Gasteiger partial charge is 0.269 e. The number of halogens is 1. The first kappa shape index (κ1) is 24.0. The minimum Gasteiger partial charge on any atom is -0.493 e. The summed E-state index contributed by atoms with van der Waals surface area (Å²) in [4.78, 5) is 10.4. The molecular formula is C20H23BrN6O4S. The van der Waals surface area contributed by atoms with Crippen molar-refractivity contribution < 1.29 is 14.4 Å². The number of ether oxygens (including phenoxy) is 2. The summed E-state index contributed by atoms with van der Waals surface area (Å²) in [6, 6.07) is 10.1. The number of tetrazole rings is 1. The normalized spacial score (nSPS) is 10.8. The molecule has 0 unspecified atom stereocenters. The number of nitro benzene ring substituents is 1. The fourth-order valence-corrected chi connectivity index (χ4v) is 4.09. The molecule has 0 spiro atoms. The Labute approximate surface area is 198 Å². The van der Waals surface area contributed by atoms with E-state index >= 15 is 0 Å². The van der Waals surface area contributed by atoms with Gasteiger partial charge in [-0.1, -0.05) is 27.7 Å². The quantitative estimate of drug-likeness (QED) is 0.164. The summed E-state index contributed by atoms with van der Waals surface area (Å²) in [6.45, 7) is 1.66. The second kappa shape index (κ2) is 11.8. The molecule has 1 N–H and O–H groups in total. The number of thioether (sulfide) groups is 1. The number of benzene rings is 2. The number of aromatic nitrogens is 4. The second-order valence-corrected chi connectivity index (χ2v) is 8.65. The van der Waals surface area contributed by atoms with Crippen LogP contribution in [-0.4, -0.2) is 44.5 Å². The van der Waals surface area contributed by atoms with E-state index in [1.807, 2.05) is 19.2 Å². The number of rotatable bonds is 12. The van der Waals surface area contributed by atoms with E-state index in [4.69, 9.17) is 9.47 Å². The zero-order valence-corrected chi connectivity index (χ0v) is 20.1. The summed E-state index contributed by atoms with van der Waals surface area (Å²) < 4.78 is 14.1. The zero-order valence-electron chi connectivity index (χ0n) is 17.7. The molecule has 3 aromatic rings. The van der Waals surface area contributed by atoms with Crippen molar-refractivity contribution in [3.63, 3.8) is 0 Å². The number of nitrogens with one attached hydrogen (secondary N) is 1. The molecule has 0 aliphatic rings. The van der Waals surface area contributed by atoms with Crippen molar-refractivity contribution in [2.75, 3.05) is 19.4 Å². The summed E-state index contributed by atoms with van der Waals surface area (Å²) in [7, 11) is 3.41. The van der Waals surface area contributed by atoms with Crippen LogP contribution in [0.2, 0.25) is 0 Å². The van der Waals surface area contributed by atoms with E-state index in [2.05, 4.69) is 36.8 Å². The minimum absolute atomic E-state index is 0.0484. The van der Waals surface area contributed by atoms with Gasteiger partial charge in [-0.05, 0) is 53.2 Å². The van der Waals surface area contributed by atoms with E-state index in [0.29, 0.717) is 18.0 Å². The average Bonchev–Trinajstić information content (AvgIpc) is 3.20. The van der Waals surface area contributed by atoms with E-state index in [-0.39, 0.29) is 12.3 Å². The highest BCUT2D eigenvalue weighted by Crippen LogP contribution is 2.37. The van der Waals surface area contributed by atoms with Crippen molar-refractivity contribution >= 4 is 33.4 Å². The van der Waals surface area contributed by atoms with E-state index in [1.165, 1.54) is 12.1 Å². The lowest BCUT2D eigenvalue weighted by atomic mass is 10.1. The average molecular weight is 523 g/mol. The van der Waals surface area contributed by atoms with Crippen LogP contribution >= 0.6 is 27.7 Å². The zero-order chi connectivity index (χ0) is 22.9. The van der Waals surface area contributed by atoms with Crippen molar-refractivity contribution in [2.45, 2.75) is 24.7 Å². The molecular weight excluding hydrogens is 500 g/mol. The van der Waals surface area contributed by atoms with Crippen LogP contribution in [0.1, 0.15) is 17.5 Å². The predicted octanol–water partition coefficient (Wildman–Crippen LogP) is 3.74. The first-order valence-corrected chi connectivity index (χ1v) is 11.5. The van der Waals surface area contributed by atoms with Gasteiger partial charge in [0.2, 0.25) is 5.16 Å². The first-order chi connectivity index (χ1) is 15.5. The van der Waals surface area contributed by atoms with Gasteiger partial charge < -0.3 is 14.8 Å². The number of hydrogen-bond acceptors (Lipinski definition) is 9. The minimum atomic E-state index is -0.422. The number of methoxy groups -OCH3 is 1. The topological polar surface area (TPSA) is 117 Å². The van der Waals surface area contributed by atoms with Crippen LogP contribution < -0.4 is 14.8 Å². The van der Waals surface area contributed by atoms with Gasteiger partial charge in [0.25, 0.3) is 5.69 Å².